The third kappa shape index (κ3) is 5.72. The van der Waals surface area contributed by atoms with E-state index in [1.807, 2.05) is 32.9 Å². The van der Waals surface area contributed by atoms with Gasteiger partial charge >= 0.3 is 0 Å². The zero-order valence-corrected chi connectivity index (χ0v) is 19.6. The van der Waals surface area contributed by atoms with Crippen LogP contribution in [-0.2, 0) is 9.53 Å². The molecule has 2 aromatic carbocycles. The van der Waals surface area contributed by atoms with Crippen LogP contribution in [0.2, 0.25) is 5.02 Å². The molecule has 32 heavy (non-hydrogen) atoms. The highest BCUT2D eigenvalue weighted by molar-refractivity contribution is 6.31. The zero-order chi connectivity index (χ0) is 23.3. The minimum Gasteiger partial charge on any atom is -0.495 e. The van der Waals surface area contributed by atoms with Crippen LogP contribution in [0.3, 0.4) is 0 Å². The average Bonchev–Trinajstić information content (AvgIpc) is 2.79. The smallest absolute Gasteiger partial charge is 0.262 e. The molecule has 1 fully saturated rings. The Balaban J connectivity index is 1.72. The number of ether oxygens (including phenoxy) is 3. The van der Waals surface area contributed by atoms with Crippen molar-refractivity contribution in [3.8, 4) is 11.5 Å². The van der Waals surface area contributed by atoms with Crippen LogP contribution in [0.1, 0.15) is 41.3 Å². The van der Waals surface area contributed by atoms with Crippen LogP contribution in [0.5, 0.6) is 11.5 Å². The molecular formula is C24H29ClN2O5. The van der Waals surface area contributed by atoms with Gasteiger partial charge in [0.15, 0.2) is 6.61 Å². The maximum atomic E-state index is 12.8. The molecule has 2 aromatic rings. The molecule has 0 radical (unpaired) electrons. The Labute approximate surface area is 193 Å². The standard InChI is InChI=1S/C24H29ClN2O5/c1-15(2)18-13-19(25)16(3)11-22(18)32-14-23(28)26-20-12-17(5-6-21(20)30-4)24(29)27-7-9-31-10-8-27/h5-6,11-13,15H,7-10,14H2,1-4H3,(H,26,28). The van der Waals surface area contributed by atoms with Crippen molar-refractivity contribution < 1.29 is 23.8 Å². The molecule has 0 atom stereocenters. The highest BCUT2D eigenvalue weighted by Gasteiger charge is 2.20. The van der Waals surface area contributed by atoms with Crippen molar-refractivity contribution in [2.45, 2.75) is 26.7 Å². The summed E-state index contributed by atoms with van der Waals surface area (Å²) in [7, 11) is 1.51. The van der Waals surface area contributed by atoms with Gasteiger partial charge < -0.3 is 24.4 Å². The normalized spacial score (nSPS) is 13.8. The Hall–Kier alpha value is -2.77. The van der Waals surface area contributed by atoms with Crippen LogP contribution < -0.4 is 14.8 Å². The molecule has 1 N–H and O–H groups in total. The molecule has 1 aliphatic rings. The zero-order valence-electron chi connectivity index (χ0n) is 18.9. The highest BCUT2D eigenvalue weighted by atomic mass is 35.5. The van der Waals surface area contributed by atoms with Crippen molar-refractivity contribution in [3.05, 3.63) is 52.0 Å². The number of amides is 2. The van der Waals surface area contributed by atoms with Gasteiger partial charge in [-0.1, -0.05) is 25.4 Å². The lowest BCUT2D eigenvalue weighted by Gasteiger charge is -2.27. The van der Waals surface area contributed by atoms with E-state index in [9.17, 15) is 9.59 Å². The van der Waals surface area contributed by atoms with Gasteiger partial charge in [-0.25, -0.2) is 0 Å². The monoisotopic (exact) mass is 460 g/mol. The molecule has 3 rings (SSSR count). The van der Waals surface area contributed by atoms with E-state index in [1.54, 1.807) is 23.1 Å². The first kappa shape index (κ1) is 23.9. The van der Waals surface area contributed by atoms with Crippen molar-refractivity contribution in [1.82, 2.24) is 4.90 Å². The predicted octanol–water partition coefficient (Wildman–Crippen LogP) is 4.27. The van der Waals surface area contributed by atoms with Gasteiger partial charge in [0.2, 0.25) is 0 Å². The Morgan fingerprint density at radius 3 is 2.53 bits per heavy atom. The van der Waals surface area contributed by atoms with Crippen molar-refractivity contribution in [3.63, 3.8) is 0 Å². The van der Waals surface area contributed by atoms with E-state index in [2.05, 4.69) is 5.32 Å². The summed E-state index contributed by atoms with van der Waals surface area (Å²) >= 11 is 6.24. The second-order valence-electron chi connectivity index (χ2n) is 7.95. The average molecular weight is 461 g/mol. The van der Waals surface area contributed by atoms with Gasteiger partial charge in [-0.2, -0.15) is 0 Å². The Morgan fingerprint density at radius 2 is 1.88 bits per heavy atom. The Morgan fingerprint density at radius 1 is 1.16 bits per heavy atom. The lowest BCUT2D eigenvalue weighted by Crippen LogP contribution is -2.40. The number of rotatable bonds is 7. The fourth-order valence-electron chi connectivity index (χ4n) is 3.46. The molecule has 0 aliphatic carbocycles. The van der Waals surface area contributed by atoms with Crippen molar-refractivity contribution in [1.29, 1.82) is 0 Å². The third-order valence-electron chi connectivity index (χ3n) is 5.29. The van der Waals surface area contributed by atoms with Gasteiger partial charge in [0.25, 0.3) is 11.8 Å². The third-order valence-corrected chi connectivity index (χ3v) is 5.70. The van der Waals surface area contributed by atoms with Gasteiger partial charge in [-0.05, 0) is 54.3 Å². The highest BCUT2D eigenvalue weighted by Crippen LogP contribution is 2.32. The summed E-state index contributed by atoms with van der Waals surface area (Å²) in [4.78, 5) is 27.2. The maximum absolute atomic E-state index is 12.8. The fraction of sp³-hybridized carbons (Fsp3) is 0.417. The molecule has 0 saturated carbocycles. The molecule has 0 bridgehead atoms. The fourth-order valence-corrected chi connectivity index (χ4v) is 3.64. The van der Waals surface area contributed by atoms with Crippen LogP contribution in [-0.4, -0.2) is 56.7 Å². The maximum Gasteiger partial charge on any atom is 0.262 e. The molecule has 7 nitrogen and oxygen atoms in total. The van der Waals surface area contributed by atoms with Gasteiger partial charge in [0, 0.05) is 23.7 Å². The lowest BCUT2D eigenvalue weighted by molar-refractivity contribution is -0.118. The van der Waals surface area contributed by atoms with E-state index in [0.29, 0.717) is 54.1 Å². The molecule has 0 unspecified atom stereocenters. The van der Waals surface area contributed by atoms with E-state index >= 15 is 0 Å². The van der Waals surface area contributed by atoms with E-state index < -0.39 is 0 Å². The van der Waals surface area contributed by atoms with Crippen LogP contribution in [0.25, 0.3) is 0 Å². The minimum absolute atomic E-state index is 0.110. The molecular weight excluding hydrogens is 432 g/mol. The first-order valence-electron chi connectivity index (χ1n) is 10.6. The first-order valence-corrected chi connectivity index (χ1v) is 11.0. The Kier molecular flexibility index (Phi) is 7.99. The van der Waals surface area contributed by atoms with E-state index in [0.717, 1.165) is 11.1 Å². The van der Waals surface area contributed by atoms with Crippen LogP contribution in [0.4, 0.5) is 5.69 Å². The van der Waals surface area contributed by atoms with E-state index in [4.69, 9.17) is 25.8 Å². The number of hydrogen-bond donors (Lipinski definition) is 1. The van der Waals surface area contributed by atoms with Gasteiger partial charge in [-0.3, -0.25) is 9.59 Å². The second-order valence-corrected chi connectivity index (χ2v) is 8.36. The second kappa shape index (κ2) is 10.7. The summed E-state index contributed by atoms with van der Waals surface area (Å²) in [6.07, 6.45) is 0. The van der Waals surface area contributed by atoms with E-state index in [-0.39, 0.29) is 24.3 Å². The first-order chi connectivity index (χ1) is 15.3. The van der Waals surface area contributed by atoms with Crippen molar-refractivity contribution in [2.75, 3.05) is 45.3 Å². The van der Waals surface area contributed by atoms with E-state index in [1.165, 1.54) is 7.11 Å². The number of methoxy groups -OCH3 is 1. The summed E-state index contributed by atoms with van der Waals surface area (Å²) in [6, 6.07) is 8.70. The topological polar surface area (TPSA) is 77.1 Å². The molecule has 8 heteroatoms. The minimum atomic E-state index is -0.360. The number of morpholine rings is 1. The van der Waals surface area contributed by atoms with Crippen molar-refractivity contribution >= 4 is 29.1 Å². The quantitative estimate of drug-likeness (QED) is 0.667. The largest absolute Gasteiger partial charge is 0.495 e. The number of carbonyl (C=O) groups excluding carboxylic acids is 2. The van der Waals surface area contributed by atoms with Crippen LogP contribution >= 0.6 is 11.6 Å². The number of nitrogens with one attached hydrogen (secondary N) is 1. The van der Waals surface area contributed by atoms with Crippen LogP contribution in [0, 0.1) is 6.92 Å². The predicted molar refractivity (Wildman–Crippen MR) is 124 cm³/mol. The summed E-state index contributed by atoms with van der Waals surface area (Å²) < 4.78 is 16.5. The Bertz CT molecular complexity index is 987. The van der Waals surface area contributed by atoms with Crippen molar-refractivity contribution in [2.24, 2.45) is 0 Å². The molecule has 1 aliphatic heterocycles. The summed E-state index contributed by atoms with van der Waals surface area (Å²) in [5.74, 6) is 0.805. The summed E-state index contributed by atoms with van der Waals surface area (Å²) in [6.45, 7) is 7.90. The molecule has 1 saturated heterocycles. The molecule has 0 spiro atoms. The van der Waals surface area contributed by atoms with Crippen LogP contribution in [0.15, 0.2) is 30.3 Å². The van der Waals surface area contributed by atoms with Gasteiger partial charge in [-0.15, -0.1) is 0 Å². The number of nitrogens with zero attached hydrogens (tertiary/aromatic N) is 1. The number of anilines is 1. The molecule has 172 valence electrons. The number of halogens is 1. The summed E-state index contributed by atoms with van der Waals surface area (Å²) in [5, 5.41) is 3.46. The number of benzene rings is 2. The number of aryl methyl sites for hydroxylation is 1. The number of hydrogen-bond acceptors (Lipinski definition) is 5. The molecule has 2 amide bonds. The molecule has 1 heterocycles. The van der Waals surface area contributed by atoms with Gasteiger partial charge in [0.1, 0.15) is 11.5 Å². The van der Waals surface area contributed by atoms with Gasteiger partial charge in [0.05, 0.1) is 26.0 Å². The number of carbonyl (C=O) groups is 2. The summed E-state index contributed by atoms with van der Waals surface area (Å²) in [5.41, 5.74) is 2.70. The lowest BCUT2D eigenvalue weighted by atomic mass is 10.0. The molecule has 0 aromatic heterocycles. The SMILES string of the molecule is COc1ccc(C(=O)N2CCOCC2)cc1NC(=O)COc1cc(C)c(Cl)cc1C(C)C.